The first-order valence-corrected chi connectivity index (χ1v) is 9.16. The van der Waals surface area contributed by atoms with Crippen molar-refractivity contribution in [1.82, 2.24) is 0 Å². The number of benzene rings is 2. The molecule has 0 saturated carbocycles. The van der Waals surface area contributed by atoms with Crippen LogP contribution >= 0.6 is 23.2 Å². The van der Waals surface area contributed by atoms with Crippen molar-refractivity contribution in [3.05, 3.63) is 52.5 Å². The van der Waals surface area contributed by atoms with Gasteiger partial charge in [0.1, 0.15) is 0 Å². The Morgan fingerprint density at radius 1 is 1.00 bits per heavy atom. The Morgan fingerprint density at radius 2 is 1.62 bits per heavy atom. The second kappa shape index (κ2) is 8.04. The van der Waals surface area contributed by atoms with Crippen LogP contribution in [0.5, 0.6) is 0 Å². The molecule has 0 heterocycles. The first-order valence-electron chi connectivity index (χ1n) is 6.92. The van der Waals surface area contributed by atoms with Crippen LogP contribution in [0.1, 0.15) is 0 Å². The molecule has 1 atom stereocenters. The maximum Gasteiger partial charge on any atom is 0.261 e. The summed E-state index contributed by atoms with van der Waals surface area (Å²) in [5, 5.41) is 21.5. The van der Waals surface area contributed by atoms with Crippen molar-refractivity contribution in [1.29, 1.82) is 0 Å². The first kappa shape index (κ1) is 18.8. The number of sulfonamides is 1. The number of hydrogen-bond donors (Lipinski definition) is 4. The lowest BCUT2D eigenvalue weighted by atomic mass is 10.3. The summed E-state index contributed by atoms with van der Waals surface area (Å²) in [5.74, 6) is 0. The van der Waals surface area contributed by atoms with Gasteiger partial charge in [0.25, 0.3) is 10.0 Å². The molecule has 0 spiro atoms. The molecule has 0 bridgehead atoms. The number of aliphatic hydroxyl groups is 2. The molecule has 0 fully saturated rings. The fourth-order valence-electron chi connectivity index (χ4n) is 1.83. The Labute approximate surface area is 150 Å². The summed E-state index contributed by atoms with van der Waals surface area (Å²) < 4.78 is 27.1. The van der Waals surface area contributed by atoms with E-state index in [0.29, 0.717) is 16.4 Å². The smallest absolute Gasteiger partial charge is 0.261 e. The highest BCUT2D eigenvalue weighted by molar-refractivity contribution is 7.92. The molecular formula is C15H16Cl2N2O4S. The summed E-state index contributed by atoms with van der Waals surface area (Å²) in [6, 6.07) is 10.4. The van der Waals surface area contributed by atoms with Gasteiger partial charge in [0, 0.05) is 12.2 Å². The Kier molecular flexibility index (Phi) is 6.31. The van der Waals surface area contributed by atoms with Crippen LogP contribution in [0.3, 0.4) is 0 Å². The monoisotopic (exact) mass is 390 g/mol. The molecule has 4 N–H and O–H groups in total. The van der Waals surface area contributed by atoms with Gasteiger partial charge in [-0.15, -0.1) is 0 Å². The van der Waals surface area contributed by atoms with E-state index in [1.807, 2.05) is 0 Å². The van der Waals surface area contributed by atoms with Crippen LogP contribution in [0, 0.1) is 0 Å². The van der Waals surface area contributed by atoms with Gasteiger partial charge in [0.15, 0.2) is 0 Å². The predicted molar refractivity (Wildman–Crippen MR) is 95.3 cm³/mol. The van der Waals surface area contributed by atoms with Crippen LogP contribution in [-0.4, -0.2) is 37.9 Å². The van der Waals surface area contributed by atoms with E-state index >= 15 is 0 Å². The molecule has 6 nitrogen and oxygen atoms in total. The molecule has 9 heteroatoms. The van der Waals surface area contributed by atoms with Crippen LogP contribution < -0.4 is 10.0 Å². The third-order valence-corrected chi connectivity index (χ3v) is 5.23. The van der Waals surface area contributed by atoms with Gasteiger partial charge in [-0.1, -0.05) is 23.2 Å². The van der Waals surface area contributed by atoms with E-state index in [9.17, 15) is 13.5 Å². The van der Waals surface area contributed by atoms with Crippen molar-refractivity contribution in [3.63, 3.8) is 0 Å². The van der Waals surface area contributed by atoms with E-state index in [0.717, 1.165) is 0 Å². The van der Waals surface area contributed by atoms with Crippen molar-refractivity contribution in [2.75, 3.05) is 23.2 Å². The molecule has 0 aromatic heterocycles. The van der Waals surface area contributed by atoms with E-state index in [2.05, 4.69) is 10.0 Å². The predicted octanol–water partition coefficient (Wildman–Crippen LogP) is 2.56. The second-order valence-corrected chi connectivity index (χ2v) is 7.47. The number of anilines is 2. The molecule has 2 rings (SSSR count). The Bertz CT molecular complexity index is 798. The fraction of sp³-hybridized carbons (Fsp3) is 0.200. The number of halogens is 2. The average Bonchev–Trinajstić information content (AvgIpc) is 2.56. The number of rotatable bonds is 7. The van der Waals surface area contributed by atoms with Gasteiger partial charge in [0.2, 0.25) is 0 Å². The molecule has 0 amide bonds. The SMILES string of the molecule is O=S(=O)(Nc1ccc(Cl)c(Cl)c1)c1ccc(NCC(O)CO)cc1. The Morgan fingerprint density at radius 3 is 2.21 bits per heavy atom. The maximum atomic E-state index is 12.3. The van der Waals surface area contributed by atoms with Gasteiger partial charge in [-0.2, -0.15) is 0 Å². The van der Waals surface area contributed by atoms with E-state index in [1.54, 1.807) is 12.1 Å². The average molecular weight is 391 g/mol. The van der Waals surface area contributed by atoms with E-state index < -0.39 is 16.1 Å². The first-order chi connectivity index (χ1) is 11.3. The lowest BCUT2D eigenvalue weighted by Crippen LogP contribution is -2.22. The van der Waals surface area contributed by atoms with Crippen LogP contribution in [0.4, 0.5) is 11.4 Å². The summed E-state index contributed by atoms with van der Waals surface area (Å²) in [7, 11) is -3.76. The van der Waals surface area contributed by atoms with Gasteiger partial charge in [0.05, 0.1) is 33.3 Å². The van der Waals surface area contributed by atoms with Crippen LogP contribution in [0.25, 0.3) is 0 Å². The number of hydrogen-bond acceptors (Lipinski definition) is 5. The normalized spacial score (nSPS) is 12.7. The van der Waals surface area contributed by atoms with Crippen LogP contribution in [0.15, 0.2) is 47.4 Å². The van der Waals surface area contributed by atoms with Crippen molar-refractivity contribution in [3.8, 4) is 0 Å². The van der Waals surface area contributed by atoms with Crippen LogP contribution in [-0.2, 0) is 10.0 Å². The molecule has 0 aliphatic rings. The largest absolute Gasteiger partial charge is 0.394 e. The molecule has 0 aliphatic heterocycles. The zero-order valence-electron chi connectivity index (χ0n) is 12.4. The van der Waals surface area contributed by atoms with Gasteiger partial charge < -0.3 is 15.5 Å². The van der Waals surface area contributed by atoms with Gasteiger partial charge >= 0.3 is 0 Å². The summed E-state index contributed by atoms with van der Waals surface area (Å²) >= 11 is 11.7. The molecule has 2 aromatic rings. The number of nitrogens with one attached hydrogen (secondary N) is 2. The summed E-state index contributed by atoms with van der Waals surface area (Å²) in [6.45, 7) is -0.197. The minimum atomic E-state index is -3.76. The molecule has 0 aliphatic carbocycles. The zero-order valence-corrected chi connectivity index (χ0v) is 14.7. The van der Waals surface area contributed by atoms with E-state index in [1.165, 1.54) is 30.3 Å². The standard InChI is InChI=1S/C15H16Cl2N2O4S/c16-14-6-3-11(7-15(14)17)19-24(22,23)13-4-1-10(2-5-13)18-8-12(21)9-20/h1-7,12,18-21H,8-9H2. The van der Waals surface area contributed by atoms with Gasteiger partial charge in [-0.25, -0.2) is 8.42 Å². The van der Waals surface area contributed by atoms with Gasteiger partial charge in [-0.3, -0.25) is 4.72 Å². The molecular weight excluding hydrogens is 375 g/mol. The fourth-order valence-corrected chi connectivity index (χ4v) is 3.17. The lowest BCUT2D eigenvalue weighted by molar-refractivity contribution is 0.105. The summed E-state index contributed by atoms with van der Waals surface area (Å²) in [5.41, 5.74) is 0.925. The minimum absolute atomic E-state index is 0.0711. The van der Waals surface area contributed by atoms with E-state index in [4.69, 9.17) is 28.3 Å². The Hall–Kier alpha value is -1.51. The zero-order chi connectivity index (χ0) is 17.7. The number of aliphatic hydroxyl groups excluding tert-OH is 2. The third-order valence-electron chi connectivity index (χ3n) is 3.09. The quantitative estimate of drug-likeness (QED) is 0.582. The third kappa shape index (κ3) is 4.99. The van der Waals surface area contributed by atoms with Crippen molar-refractivity contribution >= 4 is 44.6 Å². The molecule has 0 saturated heterocycles. The molecule has 0 radical (unpaired) electrons. The molecule has 24 heavy (non-hydrogen) atoms. The van der Waals surface area contributed by atoms with Gasteiger partial charge in [-0.05, 0) is 42.5 Å². The maximum absolute atomic E-state index is 12.3. The van der Waals surface area contributed by atoms with Crippen molar-refractivity contribution < 1.29 is 18.6 Å². The minimum Gasteiger partial charge on any atom is -0.394 e. The highest BCUT2D eigenvalue weighted by Gasteiger charge is 2.15. The lowest BCUT2D eigenvalue weighted by Gasteiger charge is -2.12. The summed E-state index contributed by atoms with van der Waals surface area (Å²) in [4.78, 5) is 0.0711. The highest BCUT2D eigenvalue weighted by Crippen LogP contribution is 2.26. The molecule has 1 unspecified atom stereocenters. The summed E-state index contributed by atoms with van der Waals surface area (Å²) in [6.07, 6.45) is -0.885. The second-order valence-electron chi connectivity index (χ2n) is 4.98. The van der Waals surface area contributed by atoms with Crippen molar-refractivity contribution in [2.24, 2.45) is 0 Å². The highest BCUT2D eigenvalue weighted by atomic mass is 35.5. The van der Waals surface area contributed by atoms with Crippen LogP contribution in [0.2, 0.25) is 10.0 Å². The molecule has 130 valence electrons. The Balaban J connectivity index is 2.10. The topological polar surface area (TPSA) is 98.7 Å². The molecule has 2 aromatic carbocycles. The van der Waals surface area contributed by atoms with Crippen molar-refractivity contribution in [2.45, 2.75) is 11.0 Å². The van der Waals surface area contributed by atoms with E-state index in [-0.39, 0.29) is 23.1 Å².